The van der Waals surface area contributed by atoms with E-state index in [9.17, 15) is 4.79 Å². The number of rotatable bonds is 4. The molecule has 4 nitrogen and oxygen atoms in total. The lowest BCUT2D eigenvalue weighted by atomic mass is 10.0. The Balaban J connectivity index is 1.79. The maximum atomic E-state index is 12.3. The fourth-order valence-electron chi connectivity index (χ4n) is 3.51. The van der Waals surface area contributed by atoms with E-state index in [0.717, 1.165) is 51.9 Å². The zero-order chi connectivity index (χ0) is 18.1. The second kappa shape index (κ2) is 6.92. The zero-order valence-corrected chi connectivity index (χ0v) is 15.6. The molecular weight excluding hydrogens is 346 g/mol. The van der Waals surface area contributed by atoms with Crippen LogP contribution in [-0.4, -0.2) is 26.4 Å². The highest BCUT2D eigenvalue weighted by atomic mass is 32.1. The molecule has 1 aliphatic rings. The van der Waals surface area contributed by atoms with Gasteiger partial charge < -0.3 is 9.47 Å². The second-order valence-electron chi connectivity index (χ2n) is 6.19. The van der Waals surface area contributed by atoms with Crippen LogP contribution in [0.4, 0.5) is 5.00 Å². The van der Waals surface area contributed by atoms with E-state index in [0.29, 0.717) is 5.56 Å². The number of fused-ring (bicyclic) bond motifs is 2. The third kappa shape index (κ3) is 2.78. The van der Waals surface area contributed by atoms with Crippen LogP contribution in [0.2, 0.25) is 0 Å². The molecular formula is C21H19NO3S. The molecule has 0 bridgehead atoms. The van der Waals surface area contributed by atoms with E-state index in [-0.39, 0.29) is 5.97 Å². The molecule has 0 spiro atoms. The van der Waals surface area contributed by atoms with Crippen LogP contribution in [-0.2, 0) is 17.6 Å². The molecule has 1 aromatic heterocycles. The van der Waals surface area contributed by atoms with Crippen molar-refractivity contribution in [1.29, 1.82) is 0 Å². The molecule has 0 aliphatic heterocycles. The lowest BCUT2D eigenvalue weighted by Crippen LogP contribution is -2.03. The number of nitrogens with zero attached hydrogens (tertiary/aromatic N) is 1. The summed E-state index contributed by atoms with van der Waals surface area (Å²) in [6.45, 7) is 0. The summed E-state index contributed by atoms with van der Waals surface area (Å²) in [6.07, 6.45) is 4.87. The van der Waals surface area contributed by atoms with Crippen molar-refractivity contribution >= 4 is 39.3 Å². The first-order valence-electron chi connectivity index (χ1n) is 8.55. The van der Waals surface area contributed by atoms with Crippen LogP contribution in [0.5, 0.6) is 5.75 Å². The summed E-state index contributed by atoms with van der Waals surface area (Å²) < 4.78 is 10.4. The highest BCUT2D eigenvalue weighted by molar-refractivity contribution is 7.16. The van der Waals surface area contributed by atoms with E-state index >= 15 is 0 Å². The van der Waals surface area contributed by atoms with Gasteiger partial charge in [0.05, 0.1) is 19.8 Å². The summed E-state index contributed by atoms with van der Waals surface area (Å²) in [5, 5.41) is 2.85. The van der Waals surface area contributed by atoms with Gasteiger partial charge in [0.25, 0.3) is 0 Å². The fourth-order valence-corrected chi connectivity index (χ4v) is 4.73. The minimum absolute atomic E-state index is 0.295. The van der Waals surface area contributed by atoms with Crippen molar-refractivity contribution in [3.63, 3.8) is 0 Å². The van der Waals surface area contributed by atoms with Gasteiger partial charge in [-0.05, 0) is 42.3 Å². The van der Waals surface area contributed by atoms with Gasteiger partial charge in [-0.3, -0.25) is 0 Å². The molecule has 0 amide bonds. The van der Waals surface area contributed by atoms with Gasteiger partial charge >= 0.3 is 5.97 Å². The number of aliphatic imine (C=N–C) groups is 1. The van der Waals surface area contributed by atoms with Crippen LogP contribution in [0.3, 0.4) is 0 Å². The van der Waals surface area contributed by atoms with E-state index in [1.165, 1.54) is 12.0 Å². The maximum Gasteiger partial charge on any atom is 0.341 e. The van der Waals surface area contributed by atoms with Gasteiger partial charge in [0.15, 0.2) is 0 Å². The standard InChI is InChI=1S/C21H19NO3S/c1-24-17-11-10-13(14-6-3-4-7-15(14)17)12-22-20-19(21(23)25-2)16-8-5-9-18(16)26-20/h3-4,6-7,10-12H,5,8-9H2,1-2H3. The van der Waals surface area contributed by atoms with Crippen molar-refractivity contribution in [3.8, 4) is 5.75 Å². The Hall–Kier alpha value is -2.66. The number of carbonyl (C=O) groups excluding carboxylic acids is 1. The van der Waals surface area contributed by atoms with Gasteiger partial charge in [-0.15, -0.1) is 11.3 Å². The molecule has 4 rings (SSSR count). The van der Waals surface area contributed by atoms with Gasteiger partial charge in [-0.25, -0.2) is 9.79 Å². The number of thiophene rings is 1. The molecule has 0 saturated heterocycles. The number of carbonyl (C=O) groups is 1. The molecule has 0 atom stereocenters. The van der Waals surface area contributed by atoms with Crippen molar-refractivity contribution in [1.82, 2.24) is 0 Å². The summed E-state index contributed by atoms with van der Waals surface area (Å²) in [4.78, 5) is 18.2. The highest BCUT2D eigenvalue weighted by Crippen LogP contribution is 2.41. The number of hydrogen-bond acceptors (Lipinski definition) is 5. The molecule has 0 saturated carbocycles. The topological polar surface area (TPSA) is 47.9 Å². The van der Waals surface area contributed by atoms with E-state index in [2.05, 4.69) is 11.1 Å². The quantitative estimate of drug-likeness (QED) is 0.486. The Bertz CT molecular complexity index is 1020. The molecule has 0 N–H and O–H groups in total. The summed E-state index contributed by atoms with van der Waals surface area (Å²) in [5.41, 5.74) is 2.75. The predicted octanol–water partition coefficient (Wildman–Crippen LogP) is 4.94. The number of aryl methyl sites for hydroxylation is 1. The number of hydrogen-bond donors (Lipinski definition) is 0. The van der Waals surface area contributed by atoms with Crippen LogP contribution >= 0.6 is 11.3 Å². The summed E-state index contributed by atoms with van der Waals surface area (Å²) in [5.74, 6) is 0.541. The molecule has 3 aromatic rings. The molecule has 26 heavy (non-hydrogen) atoms. The largest absolute Gasteiger partial charge is 0.496 e. The van der Waals surface area contributed by atoms with E-state index in [4.69, 9.17) is 9.47 Å². The van der Waals surface area contributed by atoms with Gasteiger partial charge in [0.1, 0.15) is 10.8 Å². The number of methoxy groups -OCH3 is 2. The first-order chi connectivity index (χ1) is 12.7. The van der Waals surface area contributed by atoms with E-state index in [1.807, 2.05) is 36.5 Å². The molecule has 0 radical (unpaired) electrons. The zero-order valence-electron chi connectivity index (χ0n) is 14.7. The summed E-state index contributed by atoms with van der Waals surface area (Å²) >= 11 is 1.60. The number of benzene rings is 2. The molecule has 132 valence electrons. The minimum atomic E-state index is -0.295. The van der Waals surface area contributed by atoms with E-state index in [1.54, 1.807) is 18.4 Å². The van der Waals surface area contributed by atoms with Gasteiger partial charge in [0, 0.05) is 22.0 Å². The van der Waals surface area contributed by atoms with Crippen molar-refractivity contribution in [2.75, 3.05) is 14.2 Å². The molecule has 1 aliphatic carbocycles. The Labute approximate surface area is 156 Å². The van der Waals surface area contributed by atoms with Crippen molar-refractivity contribution in [2.24, 2.45) is 4.99 Å². The van der Waals surface area contributed by atoms with Gasteiger partial charge in [-0.2, -0.15) is 0 Å². The van der Waals surface area contributed by atoms with Crippen LogP contribution in [0.25, 0.3) is 10.8 Å². The first kappa shape index (κ1) is 16.8. The molecule has 0 unspecified atom stereocenters. The highest BCUT2D eigenvalue weighted by Gasteiger charge is 2.26. The van der Waals surface area contributed by atoms with Crippen molar-refractivity contribution in [2.45, 2.75) is 19.3 Å². The Morgan fingerprint density at radius 2 is 1.92 bits per heavy atom. The van der Waals surface area contributed by atoms with Crippen LogP contribution < -0.4 is 4.74 Å². The number of ether oxygens (including phenoxy) is 2. The average Bonchev–Trinajstić information content (AvgIpc) is 3.26. The van der Waals surface area contributed by atoms with Crippen LogP contribution in [0.1, 0.15) is 32.8 Å². The normalized spacial score (nSPS) is 13.3. The van der Waals surface area contributed by atoms with Crippen LogP contribution in [0, 0.1) is 0 Å². The first-order valence-corrected chi connectivity index (χ1v) is 9.37. The average molecular weight is 365 g/mol. The van der Waals surface area contributed by atoms with E-state index < -0.39 is 0 Å². The minimum Gasteiger partial charge on any atom is -0.496 e. The maximum absolute atomic E-state index is 12.3. The van der Waals surface area contributed by atoms with Crippen LogP contribution in [0.15, 0.2) is 41.4 Å². The lowest BCUT2D eigenvalue weighted by Gasteiger charge is -2.07. The molecule has 5 heteroatoms. The molecule has 1 heterocycles. The number of esters is 1. The lowest BCUT2D eigenvalue weighted by molar-refractivity contribution is 0.0601. The summed E-state index contributed by atoms with van der Waals surface area (Å²) in [6, 6.07) is 12.0. The SMILES string of the molecule is COC(=O)c1c(N=Cc2ccc(OC)c3ccccc23)sc2c1CCC2. The Morgan fingerprint density at radius 1 is 1.12 bits per heavy atom. The summed E-state index contributed by atoms with van der Waals surface area (Å²) in [7, 11) is 3.09. The van der Waals surface area contributed by atoms with Gasteiger partial charge in [-0.1, -0.05) is 24.3 Å². The molecule has 2 aromatic carbocycles. The smallest absolute Gasteiger partial charge is 0.341 e. The van der Waals surface area contributed by atoms with Crippen molar-refractivity contribution in [3.05, 3.63) is 58.0 Å². The third-order valence-electron chi connectivity index (χ3n) is 4.75. The van der Waals surface area contributed by atoms with Crippen molar-refractivity contribution < 1.29 is 14.3 Å². The Morgan fingerprint density at radius 3 is 2.69 bits per heavy atom. The second-order valence-corrected chi connectivity index (χ2v) is 7.27. The predicted molar refractivity (Wildman–Crippen MR) is 105 cm³/mol. The monoisotopic (exact) mass is 365 g/mol. The fraction of sp³-hybridized carbons (Fsp3) is 0.238. The third-order valence-corrected chi connectivity index (χ3v) is 5.95. The molecule has 0 fully saturated rings. The van der Waals surface area contributed by atoms with Gasteiger partial charge in [0.2, 0.25) is 0 Å². The Kier molecular flexibility index (Phi) is 4.47.